The first-order valence-electron chi connectivity index (χ1n) is 6.16. The van der Waals surface area contributed by atoms with E-state index in [0.717, 1.165) is 36.9 Å². The Balaban J connectivity index is 1.63. The van der Waals surface area contributed by atoms with Crippen molar-refractivity contribution in [3.8, 4) is 0 Å². The Bertz CT molecular complexity index is 417. The van der Waals surface area contributed by atoms with E-state index in [1.165, 1.54) is 24.4 Å². The van der Waals surface area contributed by atoms with Crippen LogP contribution in [0, 0.1) is 11.3 Å². The van der Waals surface area contributed by atoms with Gasteiger partial charge in [-0.15, -0.1) is 0 Å². The monoisotopic (exact) mass is 251 g/mol. The highest BCUT2D eigenvalue weighted by atomic mass is 32.1. The molecule has 2 heterocycles. The summed E-state index contributed by atoms with van der Waals surface area (Å²) in [4.78, 5) is 6.89. The highest BCUT2D eigenvalue weighted by Gasteiger charge is 2.29. The second-order valence-corrected chi connectivity index (χ2v) is 5.66. The van der Waals surface area contributed by atoms with Crippen LogP contribution in [-0.2, 0) is 0 Å². The van der Waals surface area contributed by atoms with Crippen molar-refractivity contribution in [2.75, 3.05) is 18.0 Å². The molecule has 1 aromatic heterocycles. The SMILES string of the molecule is N=C(N)C1CCN(c2nc(C3CC3)ns2)CC1. The van der Waals surface area contributed by atoms with Gasteiger partial charge in [0.05, 0.1) is 5.84 Å². The van der Waals surface area contributed by atoms with E-state index in [2.05, 4.69) is 14.3 Å². The molecule has 1 aliphatic heterocycles. The van der Waals surface area contributed by atoms with E-state index < -0.39 is 0 Å². The topological polar surface area (TPSA) is 78.9 Å². The minimum Gasteiger partial charge on any atom is -0.387 e. The van der Waals surface area contributed by atoms with Crippen molar-refractivity contribution in [2.45, 2.75) is 31.6 Å². The third-order valence-corrected chi connectivity index (χ3v) is 4.37. The zero-order valence-corrected chi connectivity index (χ0v) is 10.5. The van der Waals surface area contributed by atoms with E-state index in [-0.39, 0.29) is 5.92 Å². The van der Waals surface area contributed by atoms with Crippen molar-refractivity contribution in [3.63, 3.8) is 0 Å². The highest BCUT2D eigenvalue weighted by Crippen LogP contribution is 2.40. The van der Waals surface area contributed by atoms with Crippen LogP contribution in [0.1, 0.15) is 37.4 Å². The van der Waals surface area contributed by atoms with Crippen LogP contribution in [0.3, 0.4) is 0 Å². The molecule has 0 bridgehead atoms. The molecule has 1 saturated heterocycles. The van der Waals surface area contributed by atoms with Gasteiger partial charge in [0.1, 0.15) is 5.82 Å². The molecular weight excluding hydrogens is 234 g/mol. The average Bonchev–Trinajstić information content (AvgIpc) is 3.07. The Morgan fingerprint density at radius 3 is 2.59 bits per heavy atom. The van der Waals surface area contributed by atoms with Gasteiger partial charge in [0.2, 0.25) is 5.13 Å². The first kappa shape index (κ1) is 11.0. The fourth-order valence-electron chi connectivity index (χ4n) is 2.24. The van der Waals surface area contributed by atoms with E-state index in [0.29, 0.717) is 11.8 Å². The molecule has 5 nitrogen and oxygen atoms in total. The van der Waals surface area contributed by atoms with E-state index in [4.69, 9.17) is 11.1 Å². The number of piperidine rings is 1. The van der Waals surface area contributed by atoms with Gasteiger partial charge in [-0.2, -0.15) is 4.37 Å². The fourth-order valence-corrected chi connectivity index (χ4v) is 3.04. The Morgan fingerprint density at radius 1 is 1.29 bits per heavy atom. The molecule has 1 aromatic rings. The first-order chi connectivity index (χ1) is 8.24. The molecule has 0 atom stereocenters. The van der Waals surface area contributed by atoms with Gasteiger partial charge in [0, 0.05) is 36.5 Å². The van der Waals surface area contributed by atoms with E-state index >= 15 is 0 Å². The molecule has 92 valence electrons. The van der Waals surface area contributed by atoms with Gasteiger partial charge in [0.15, 0.2) is 0 Å². The summed E-state index contributed by atoms with van der Waals surface area (Å²) in [6.45, 7) is 1.90. The molecule has 0 unspecified atom stereocenters. The smallest absolute Gasteiger partial charge is 0.205 e. The van der Waals surface area contributed by atoms with E-state index in [1.807, 2.05) is 0 Å². The summed E-state index contributed by atoms with van der Waals surface area (Å²) in [6, 6.07) is 0. The van der Waals surface area contributed by atoms with Crippen LogP contribution in [-0.4, -0.2) is 28.3 Å². The standard InChI is InChI=1S/C11H17N5S/c12-9(13)7-3-5-16(6-4-7)11-14-10(15-17-11)8-1-2-8/h7-8H,1-6H2,(H3,12,13). The number of aromatic nitrogens is 2. The Morgan fingerprint density at radius 2 is 2.00 bits per heavy atom. The second-order valence-electron chi connectivity index (χ2n) is 4.93. The lowest BCUT2D eigenvalue weighted by atomic mass is 9.96. The van der Waals surface area contributed by atoms with Gasteiger partial charge in [0.25, 0.3) is 0 Å². The van der Waals surface area contributed by atoms with Crippen molar-refractivity contribution in [1.29, 1.82) is 5.41 Å². The van der Waals surface area contributed by atoms with Crippen molar-refractivity contribution >= 4 is 22.5 Å². The van der Waals surface area contributed by atoms with Crippen LogP contribution >= 0.6 is 11.5 Å². The Labute approximate surface area is 105 Å². The number of anilines is 1. The third-order valence-electron chi connectivity index (χ3n) is 3.58. The van der Waals surface area contributed by atoms with Gasteiger partial charge in [-0.1, -0.05) is 0 Å². The van der Waals surface area contributed by atoms with Gasteiger partial charge in [-0.25, -0.2) is 4.98 Å². The van der Waals surface area contributed by atoms with Crippen molar-refractivity contribution in [2.24, 2.45) is 11.7 Å². The lowest BCUT2D eigenvalue weighted by Crippen LogP contribution is -2.38. The van der Waals surface area contributed by atoms with E-state index in [9.17, 15) is 0 Å². The van der Waals surface area contributed by atoms with Gasteiger partial charge in [-0.3, -0.25) is 5.41 Å². The lowest BCUT2D eigenvalue weighted by Gasteiger charge is -2.30. The molecule has 2 fully saturated rings. The number of amidine groups is 1. The molecule has 0 aromatic carbocycles. The zero-order valence-electron chi connectivity index (χ0n) is 9.72. The number of nitrogens with two attached hydrogens (primary N) is 1. The summed E-state index contributed by atoms with van der Waals surface area (Å²) in [5.74, 6) is 2.27. The molecule has 0 radical (unpaired) electrons. The summed E-state index contributed by atoms with van der Waals surface area (Å²) < 4.78 is 4.43. The van der Waals surface area contributed by atoms with Crippen molar-refractivity contribution < 1.29 is 0 Å². The molecule has 2 aliphatic rings. The predicted molar refractivity (Wildman–Crippen MR) is 68.7 cm³/mol. The number of nitrogens with one attached hydrogen (secondary N) is 1. The maximum Gasteiger partial charge on any atom is 0.205 e. The Hall–Kier alpha value is -1.17. The number of rotatable bonds is 3. The van der Waals surface area contributed by atoms with Gasteiger partial charge in [-0.05, 0) is 25.7 Å². The number of nitrogens with zero attached hydrogens (tertiary/aromatic N) is 3. The van der Waals surface area contributed by atoms with Crippen molar-refractivity contribution in [3.05, 3.63) is 5.82 Å². The van der Waals surface area contributed by atoms with Crippen LogP contribution in [0.4, 0.5) is 5.13 Å². The number of hydrogen-bond donors (Lipinski definition) is 2. The first-order valence-corrected chi connectivity index (χ1v) is 6.94. The molecule has 1 saturated carbocycles. The minimum absolute atomic E-state index is 0.266. The maximum absolute atomic E-state index is 7.46. The molecule has 6 heteroatoms. The fraction of sp³-hybridized carbons (Fsp3) is 0.727. The Kier molecular flexibility index (Phi) is 2.74. The minimum atomic E-state index is 0.266. The summed E-state index contributed by atoms with van der Waals surface area (Å²) in [5, 5.41) is 8.51. The van der Waals surface area contributed by atoms with Gasteiger partial charge < -0.3 is 10.6 Å². The van der Waals surface area contributed by atoms with Gasteiger partial charge >= 0.3 is 0 Å². The molecular formula is C11H17N5S. The molecule has 0 spiro atoms. The lowest BCUT2D eigenvalue weighted by molar-refractivity contribution is 0.497. The van der Waals surface area contributed by atoms with E-state index in [1.54, 1.807) is 0 Å². The van der Waals surface area contributed by atoms with Crippen LogP contribution < -0.4 is 10.6 Å². The normalized spacial score (nSPS) is 21.8. The number of hydrogen-bond acceptors (Lipinski definition) is 5. The highest BCUT2D eigenvalue weighted by molar-refractivity contribution is 7.09. The summed E-state index contributed by atoms with van der Waals surface area (Å²) in [6.07, 6.45) is 4.44. The summed E-state index contributed by atoms with van der Waals surface area (Å²) in [7, 11) is 0. The molecule has 1 aliphatic carbocycles. The molecule has 3 rings (SSSR count). The summed E-state index contributed by atoms with van der Waals surface area (Å²) >= 11 is 1.51. The molecule has 3 N–H and O–H groups in total. The van der Waals surface area contributed by atoms with Crippen molar-refractivity contribution in [1.82, 2.24) is 9.36 Å². The largest absolute Gasteiger partial charge is 0.387 e. The predicted octanol–water partition coefficient (Wildman–Crippen LogP) is 1.57. The maximum atomic E-state index is 7.46. The molecule has 0 amide bonds. The second kappa shape index (κ2) is 4.25. The van der Waals surface area contributed by atoms with Crippen LogP contribution in [0.2, 0.25) is 0 Å². The quantitative estimate of drug-likeness (QED) is 0.631. The average molecular weight is 251 g/mol. The molecule has 17 heavy (non-hydrogen) atoms. The van der Waals surface area contributed by atoms with Crippen LogP contribution in [0.5, 0.6) is 0 Å². The van der Waals surface area contributed by atoms with Crippen LogP contribution in [0.15, 0.2) is 0 Å². The third kappa shape index (κ3) is 2.26. The summed E-state index contributed by atoms with van der Waals surface area (Å²) in [5.41, 5.74) is 5.54. The zero-order chi connectivity index (χ0) is 11.8. The van der Waals surface area contributed by atoms with Crippen LogP contribution in [0.25, 0.3) is 0 Å².